The molecule has 17 heavy (non-hydrogen) atoms. The highest BCUT2D eigenvalue weighted by molar-refractivity contribution is 9.11. The van der Waals surface area contributed by atoms with Crippen molar-refractivity contribution in [3.05, 3.63) is 53.0 Å². The summed E-state index contributed by atoms with van der Waals surface area (Å²) in [5.41, 5.74) is 0.681. The number of carbonyl (C=O) groups is 1. The molecular weight excluding hydrogens is 432 g/mol. The smallest absolute Gasteiger partial charge is 0.203 e. The van der Waals surface area contributed by atoms with E-state index in [9.17, 15) is 4.79 Å². The molecule has 0 amide bonds. The van der Waals surface area contributed by atoms with Crippen LogP contribution in [0.4, 0.5) is 0 Å². The fourth-order valence-corrected chi connectivity index (χ4v) is 4.19. The Balaban J connectivity index is 2.43. The van der Waals surface area contributed by atoms with Gasteiger partial charge < -0.3 is 0 Å². The first-order valence-electron chi connectivity index (χ1n) is 4.74. The third kappa shape index (κ3) is 3.08. The van der Waals surface area contributed by atoms with Gasteiger partial charge in [-0.2, -0.15) is 0 Å². The summed E-state index contributed by atoms with van der Waals surface area (Å²) in [4.78, 5) is 14.1. The summed E-state index contributed by atoms with van der Waals surface area (Å²) < 4.78 is 2.77. The molecule has 2 rings (SSSR count). The van der Waals surface area contributed by atoms with Crippen LogP contribution in [-0.2, 0) is 0 Å². The second kappa shape index (κ2) is 5.34. The summed E-state index contributed by atoms with van der Waals surface area (Å²) in [6.07, 6.45) is 0. The maximum atomic E-state index is 12.3. The van der Waals surface area contributed by atoms with Crippen molar-refractivity contribution in [3.8, 4) is 0 Å². The molecule has 0 radical (unpaired) electrons. The van der Waals surface area contributed by atoms with Crippen molar-refractivity contribution < 1.29 is 4.79 Å². The fourth-order valence-electron chi connectivity index (χ4n) is 1.40. The molecule has 1 aromatic carbocycles. The molecule has 1 heterocycles. The Hall–Kier alpha value is 0.0300. The van der Waals surface area contributed by atoms with Crippen molar-refractivity contribution in [2.45, 2.75) is 6.92 Å². The monoisotopic (exact) mass is 436 g/mol. The zero-order chi connectivity index (χ0) is 12.6. The summed E-state index contributed by atoms with van der Waals surface area (Å²) in [6, 6.07) is 7.44. The molecule has 0 spiro atoms. The summed E-state index contributed by atoms with van der Waals surface area (Å²) in [6.45, 7) is 1.99. The quantitative estimate of drug-likeness (QED) is 0.560. The molecule has 88 valence electrons. The van der Waals surface area contributed by atoms with Gasteiger partial charge in [-0.05, 0) is 47.1 Å². The van der Waals surface area contributed by atoms with Gasteiger partial charge in [0.25, 0.3) is 0 Å². The lowest BCUT2D eigenvalue weighted by molar-refractivity contribution is 0.104. The molecule has 5 heteroatoms. The van der Waals surface area contributed by atoms with Gasteiger partial charge in [0, 0.05) is 23.9 Å². The SMILES string of the molecule is Cc1sc(C(=O)c2cc(Br)cc(Br)c2)cc1Br. The lowest BCUT2D eigenvalue weighted by Crippen LogP contribution is -1.98. The van der Waals surface area contributed by atoms with Crippen LogP contribution in [0.2, 0.25) is 0 Å². The van der Waals surface area contributed by atoms with Gasteiger partial charge in [0.15, 0.2) is 0 Å². The Morgan fingerprint density at radius 2 is 1.65 bits per heavy atom. The van der Waals surface area contributed by atoms with Gasteiger partial charge >= 0.3 is 0 Å². The Kier molecular flexibility index (Phi) is 4.23. The molecular formula is C12H7Br3OS. The Morgan fingerprint density at radius 1 is 1.06 bits per heavy atom. The fraction of sp³-hybridized carbons (Fsp3) is 0.0833. The minimum Gasteiger partial charge on any atom is -0.288 e. The van der Waals surface area contributed by atoms with E-state index in [0.29, 0.717) is 5.56 Å². The predicted molar refractivity (Wildman–Crippen MR) is 82.0 cm³/mol. The van der Waals surface area contributed by atoms with E-state index in [-0.39, 0.29) is 5.78 Å². The zero-order valence-electron chi connectivity index (χ0n) is 8.76. The van der Waals surface area contributed by atoms with E-state index in [4.69, 9.17) is 0 Å². The summed E-state index contributed by atoms with van der Waals surface area (Å²) in [7, 11) is 0. The van der Waals surface area contributed by atoms with Gasteiger partial charge in [-0.15, -0.1) is 11.3 Å². The van der Waals surface area contributed by atoms with E-state index in [0.717, 1.165) is 23.2 Å². The largest absolute Gasteiger partial charge is 0.288 e. The molecule has 0 saturated carbocycles. The molecule has 1 aromatic heterocycles. The molecule has 0 aliphatic carbocycles. The lowest BCUT2D eigenvalue weighted by atomic mass is 10.1. The number of halogens is 3. The van der Waals surface area contributed by atoms with E-state index < -0.39 is 0 Å². The van der Waals surface area contributed by atoms with Gasteiger partial charge in [-0.3, -0.25) is 4.79 Å². The van der Waals surface area contributed by atoms with Gasteiger partial charge in [-0.1, -0.05) is 31.9 Å². The second-order valence-electron chi connectivity index (χ2n) is 3.50. The van der Waals surface area contributed by atoms with Gasteiger partial charge in [0.05, 0.1) is 4.88 Å². The lowest BCUT2D eigenvalue weighted by Gasteiger charge is -2.00. The van der Waals surface area contributed by atoms with Crippen molar-refractivity contribution >= 4 is 64.9 Å². The molecule has 0 N–H and O–H groups in total. The highest BCUT2D eigenvalue weighted by Crippen LogP contribution is 2.29. The van der Waals surface area contributed by atoms with E-state index in [1.165, 1.54) is 11.3 Å². The molecule has 0 fully saturated rings. The average molecular weight is 439 g/mol. The first-order chi connectivity index (χ1) is 7.97. The van der Waals surface area contributed by atoms with Crippen LogP contribution in [0.25, 0.3) is 0 Å². The summed E-state index contributed by atoms with van der Waals surface area (Å²) in [5, 5.41) is 0. The van der Waals surface area contributed by atoms with Crippen LogP contribution in [0.3, 0.4) is 0 Å². The number of thiophene rings is 1. The van der Waals surface area contributed by atoms with Crippen LogP contribution in [0, 0.1) is 6.92 Å². The molecule has 1 nitrogen and oxygen atoms in total. The maximum absolute atomic E-state index is 12.3. The molecule has 0 saturated heterocycles. The van der Waals surface area contributed by atoms with Crippen molar-refractivity contribution in [1.82, 2.24) is 0 Å². The van der Waals surface area contributed by atoms with Crippen molar-refractivity contribution in [2.75, 3.05) is 0 Å². The minimum absolute atomic E-state index is 0.0470. The molecule has 0 atom stereocenters. The number of hydrogen-bond acceptors (Lipinski definition) is 2. The average Bonchev–Trinajstić information content (AvgIpc) is 2.57. The van der Waals surface area contributed by atoms with Crippen LogP contribution in [0.1, 0.15) is 20.1 Å². The second-order valence-corrected chi connectivity index (χ2v) is 7.44. The van der Waals surface area contributed by atoms with E-state index >= 15 is 0 Å². The highest BCUT2D eigenvalue weighted by atomic mass is 79.9. The zero-order valence-corrected chi connectivity index (χ0v) is 14.3. The summed E-state index contributed by atoms with van der Waals surface area (Å²) >= 11 is 11.7. The molecule has 0 aliphatic heterocycles. The van der Waals surface area contributed by atoms with E-state index in [2.05, 4.69) is 47.8 Å². The molecule has 0 bridgehead atoms. The van der Waals surface area contributed by atoms with Crippen LogP contribution in [-0.4, -0.2) is 5.78 Å². The molecule has 2 aromatic rings. The predicted octanol–water partition coefficient (Wildman–Crippen LogP) is 5.58. The topological polar surface area (TPSA) is 17.1 Å². The molecule has 0 aliphatic rings. The maximum Gasteiger partial charge on any atom is 0.203 e. The number of ketones is 1. The normalized spacial score (nSPS) is 10.6. The van der Waals surface area contributed by atoms with Crippen LogP contribution < -0.4 is 0 Å². The minimum atomic E-state index is 0.0470. The number of benzene rings is 1. The van der Waals surface area contributed by atoms with Gasteiger partial charge in [0.2, 0.25) is 5.78 Å². The van der Waals surface area contributed by atoms with Crippen molar-refractivity contribution in [1.29, 1.82) is 0 Å². The standard InChI is InChI=1S/C12H7Br3OS/c1-6-10(15)5-11(17-6)12(16)7-2-8(13)4-9(14)3-7/h2-5H,1H3. The number of rotatable bonds is 2. The van der Waals surface area contributed by atoms with E-state index in [1.807, 2.05) is 31.2 Å². The molecule has 0 unspecified atom stereocenters. The van der Waals surface area contributed by atoms with Gasteiger partial charge in [-0.25, -0.2) is 0 Å². The third-order valence-corrected chi connectivity index (χ3v) is 5.26. The van der Waals surface area contributed by atoms with E-state index in [1.54, 1.807) is 0 Å². The van der Waals surface area contributed by atoms with Crippen LogP contribution in [0.15, 0.2) is 37.7 Å². The Morgan fingerprint density at radius 3 is 2.12 bits per heavy atom. The first-order valence-corrected chi connectivity index (χ1v) is 7.93. The first kappa shape index (κ1) is 13.5. The van der Waals surface area contributed by atoms with Crippen LogP contribution >= 0.6 is 59.1 Å². The highest BCUT2D eigenvalue weighted by Gasteiger charge is 2.14. The van der Waals surface area contributed by atoms with Crippen molar-refractivity contribution in [3.63, 3.8) is 0 Å². The van der Waals surface area contributed by atoms with Crippen LogP contribution in [0.5, 0.6) is 0 Å². The van der Waals surface area contributed by atoms with Crippen molar-refractivity contribution in [2.24, 2.45) is 0 Å². The summed E-state index contributed by atoms with van der Waals surface area (Å²) in [5.74, 6) is 0.0470. The Labute approximate surface area is 129 Å². The van der Waals surface area contributed by atoms with Gasteiger partial charge in [0.1, 0.15) is 0 Å². The Bertz CT molecular complexity index is 550. The number of aryl methyl sites for hydroxylation is 1. The third-order valence-electron chi connectivity index (χ3n) is 2.21. The number of carbonyl (C=O) groups excluding carboxylic acids is 1. The number of hydrogen-bond donors (Lipinski definition) is 0.